The summed E-state index contributed by atoms with van der Waals surface area (Å²) in [5.74, 6) is 1.63. The first-order chi connectivity index (χ1) is 23.3. The molecule has 0 aromatic carbocycles. The predicted molar refractivity (Wildman–Crippen MR) is 212 cm³/mol. The molecule has 1 aromatic heterocycles. The van der Waals surface area contributed by atoms with Crippen LogP contribution in [0, 0.1) is 0 Å². The predicted octanol–water partition coefficient (Wildman–Crippen LogP) is 15.4. The molecule has 0 saturated carbocycles. The highest BCUT2D eigenvalue weighted by atomic mass is 15.1. The fourth-order valence-corrected chi connectivity index (χ4v) is 7.56. The molecule has 278 valence electrons. The Morgan fingerprint density at radius 2 is 0.660 bits per heavy atom. The molecule has 2 nitrogen and oxygen atoms in total. The first-order valence-corrected chi connectivity index (χ1v) is 22.4. The minimum absolute atomic E-state index is 1.23. The smallest absolute Gasteiger partial charge is 0.234 e. The Morgan fingerprint density at radius 1 is 0.362 bits per heavy atom. The van der Waals surface area contributed by atoms with Crippen molar-refractivity contribution in [3.63, 3.8) is 0 Å². The third-order valence-electron chi connectivity index (χ3n) is 10.8. The Balaban J connectivity index is 2.25. The molecule has 0 atom stereocenters. The number of nitrogens with zero attached hydrogens (tertiary/aromatic N) is 2. The zero-order valence-electron chi connectivity index (χ0n) is 33.1. The van der Waals surface area contributed by atoms with Crippen LogP contribution in [0.15, 0.2) is 12.4 Å². The maximum atomic E-state index is 2.65. The number of aromatic nitrogens is 2. The van der Waals surface area contributed by atoms with Crippen molar-refractivity contribution in [2.45, 2.75) is 271 Å². The Kier molecular flexibility index (Phi) is 34.3. The van der Waals surface area contributed by atoms with Crippen molar-refractivity contribution >= 4 is 0 Å². The average Bonchev–Trinajstić information content (AvgIpc) is 3.47. The first kappa shape index (κ1) is 44.2. The van der Waals surface area contributed by atoms with Crippen molar-refractivity contribution in [2.75, 3.05) is 0 Å². The second-order valence-electron chi connectivity index (χ2n) is 15.5. The molecule has 0 bridgehead atoms. The van der Waals surface area contributed by atoms with Crippen LogP contribution in [0.5, 0.6) is 0 Å². The molecule has 0 radical (unpaired) electrons. The van der Waals surface area contributed by atoms with Crippen molar-refractivity contribution in [1.29, 1.82) is 0 Å². The Labute approximate surface area is 298 Å². The van der Waals surface area contributed by atoms with Gasteiger partial charge in [0.15, 0.2) is 0 Å². The topological polar surface area (TPSA) is 8.81 Å². The summed E-state index contributed by atoms with van der Waals surface area (Å²) in [6, 6.07) is 0. The van der Waals surface area contributed by atoms with E-state index in [-0.39, 0.29) is 0 Å². The highest BCUT2D eigenvalue weighted by Gasteiger charge is 2.16. The average molecular weight is 658 g/mol. The highest BCUT2D eigenvalue weighted by molar-refractivity contribution is 4.84. The normalized spacial score (nSPS) is 11.6. The molecule has 1 rings (SSSR count). The fraction of sp³-hybridized carbons (Fsp3) is 0.933. The maximum Gasteiger partial charge on any atom is 0.256 e. The number of imidazole rings is 1. The van der Waals surface area contributed by atoms with E-state index in [0.717, 1.165) is 0 Å². The molecule has 0 aliphatic rings. The lowest BCUT2D eigenvalue weighted by Gasteiger charge is -2.07. The minimum Gasteiger partial charge on any atom is -0.234 e. The van der Waals surface area contributed by atoms with Gasteiger partial charge in [-0.15, -0.1) is 0 Å². The molecule has 1 heterocycles. The van der Waals surface area contributed by atoms with Gasteiger partial charge in [-0.25, -0.2) is 9.13 Å². The largest absolute Gasteiger partial charge is 0.256 e. The molecule has 0 saturated heterocycles. The molecule has 0 spiro atoms. The van der Waals surface area contributed by atoms with Crippen LogP contribution in [0.25, 0.3) is 0 Å². The summed E-state index contributed by atoms with van der Waals surface area (Å²) in [7, 11) is 0. The summed E-state index contributed by atoms with van der Waals surface area (Å²) in [5, 5.41) is 0. The third-order valence-corrected chi connectivity index (χ3v) is 10.8. The SMILES string of the molecule is CCCCCCCCCCCCCCCCCCc1n(CCCCCCCCCCCC)cc[n+]1CCCCCCCCCCCC. The van der Waals surface area contributed by atoms with Crippen molar-refractivity contribution in [1.82, 2.24) is 4.57 Å². The van der Waals surface area contributed by atoms with Crippen LogP contribution < -0.4 is 4.57 Å². The maximum absolute atomic E-state index is 2.65. The van der Waals surface area contributed by atoms with E-state index in [1.54, 1.807) is 5.82 Å². The van der Waals surface area contributed by atoms with Gasteiger partial charge < -0.3 is 0 Å². The second-order valence-corrected chi connectivity index (χ2v) is 15.5. The number of rotatable bonds is 39. The van der Waals surface area contributed by atoms with E-state index in [0.29, 0.717) is 0 Å². The molecule has 0 aliphatic heterocycles. The first-order valence-electron chi connectivity index (χ1n) is 22.4. The molecule has 0 amide bonds. The number of hydrogen-bond donors (Lipinski definition) is 0. The van der Waals surface area contributed by atoms with E-state index in [2.05, 4.69) is 42.3 Å². The minimum atomic E-state index is 1.23. The lowest BCUT2D eigenvalue weighted by molar-refractivity contribution is -0.704. The number of unbranched alkanes of at least 4 members (excludes halogenated alkanes) is 33. The van der Waals surface area contributed by atoms with Gasteiger partial charge in [0, 0.05) is 6.42 Å². The van der Waals surface area contributed by atoms with Gasteiger partial charge in [0.1, 0.15) is 12.4 Å². The quantitative estimate of drug-likeness (QED) is 0.0492. The van der Waals surface area contributed by atoms with Gasteiger partial charge >= 0.3 is 0 Å². The van der Waals surface area contributed by atoms with Crippen LogP contribution in [0.3, 0.4) is 0 Å². The van der Waals surface area contributed by atoms with Gasteiger partial charge in [0.25, 0.3) is 5.82 Å². The molecule has 1 aromatic rings. The fourth-order valence-electron chi connectivity index (χ4n) is 7.56. The van der Waals surface area contributed by atoms with E-state index in [1.165, 1.54) is 251 Å². The molecule has 0 unspecified atom stereocenters. The monoisotopic (exact) mass is 658 g/mol. The van der Waals surface area contributed by atoms with Crippen LogP contribution in [-0.4, -0.2) is 4.57 Å². The van der Waals surface area contributed by atoms with E-state index in [1.807, 2.05) is 0 Å². The van der Waals surface area contributed by atoms with E-state index in [4.69, 9.17) is 0 Å². The number of hydrogen-bond acceptors (Lipinski definition) is 0. The third kappa shape index (κ3) is 28.7. The van der Waals surface area contributed by atoms with Crippen molar-refractivity contribution in [3.8, 4) is 0 Å². The van der Waals surface area contributed by atoms with E-state index in [9.17, 15) is 0 Å². The highest BCUT2D eigenvalue weighted by Crippen LogP contribution is 2.16. The lowest BCUT2D eigenvalue weighted by Crippen LogP contribution is -2.37. The summed E-state index contributed by atoms with van der Waals surface area (Å²) in [4.78, 5) is 0. The van der Waals surface area contributed by atoms with Crippen molar-refractivity contribution in [2.24, 2.45) is 0 Å². The van der Waals surface area contributed by atoms with Gasteiger partial charge in [-0.1, -0.05) is 220 Å². The molecule has 0 aliphatic carbocycles. The molecule has 0 N–H and O–H groups in total. The molecular formula is C45H89N2+. The summed E-state index contributed by atoms with van der Waals surface area (Å²) >= 11 is 0. The van der Waals surface area contributed by atoms with Crippen molar-refractivity contribution in [3.05, 3.63) is 18.2 Å². The van der Waals surface area contributed by atoms with Crippen molar-refractivity contribution < 1.29 is 4.57 Å². The van der Waals surface area contributed by atoms with Gasteiger partial charge in [0.05, 0.1) is 13.1 Å². The Morgan fingerprint density at radius 3 is 1.02 bits per heavy atom. The summed E-state index contributed by atoms with van der Waals surface area (Å²) in [6.45, 7) is 9.41. The zero-order valence-corrected chi connectivity index (χ0v) is 33.1. The molecule has 0 fully saturated rings. The zero-order chi connectivity index (χ0) is 33.7. The van der Waals surface area contributed by atoms with Crippen LogP contribution >= 0.6 is 0 Å². The summed E-state index contributed by atoms with van der Waals surface area (Å²) < 4.78 is 5.29. The molecule has 47 heavy (non-hydrogen) atoms. The van der Waals surface area contributed by atoms with Gasteiger partial charge in [-0.05, 0) is 32.1 Å². The standard InChI is InChI=1S/C45H89N2/c1-4-7-10-13-16-19-22-23-24-25-26-27-28-31-34-37-40-45-46(41-38-35-32-29-20-17-14-11-8-5-2)43-44-47(45)42-39-36-33-30-21-18-15-12-9-6-3/h43-44H,4-42H2,1-3H3/q+1. The van der Waals surface area contributed by atoms with Gasteiger partial charge in [-0.2, -0.15) is 0 Å². The molecule has 2 heteroatoms. The van der Waals surface area contributed by atoms with Crippen LogP contribution in [0.4, 0.5) is 0 Å². The lowest BCUT2D eigenvalue weighted by atomic mass is 10.0. The summed E-state index contributed by atoms with van der Waals surface area (Å²) in [5.41, 5.74) is 0. The number of aryl methyl sites for hydroxylation is 2. The second kappa shape index (κ2) is 36.5. The summed E-state index contributed by atoms with van der Waals surface area (Å²) in [6.07, 6.45) is 57.8. The van der Waals surface area contributed by atoms with Crippen LogP contribution in [-0.2, 0) is 19.5 Å². The van der Waals surface area contributed by atoms with Crippen LogP contribution in [0.2, 0.25) is 0 Å². The Bertz CT molecular complexity index is 680. The van der Waals surface area contributed by atoms with E-state index < -0.39 is 0 Å². The van der Waals surface area contributed by atoms with E-state index >= 15 is 0 Å². The molecular weight excluding hydrogens is 569 g/mol. The van der Waals surface area contributed by atoms with Crippen LogP contribution in [0.1, 0.15) is 258 Å². The van der Waals surface area contributed by atoms with Gasteiger partial charge in [-0.3, -0.25) is 0 Å². The van der Waals surface area contributed by atoms with Gasteiger partial charge in [0.2, 0.25) is 0 Å². The Hall–Kier alpha value is -0.790.